The topological polar surface area (TPSA) is 53.6 Å². The SMILES string of the molecule is CCCCC(CNC(=O)OC(C)(C)C)NCC1CCN(C)CC1. The zero-order valence-corrected chi connectivity index (χ0v) is 15.8. The first-order valence-electron chi connectivity index (χ1n) is 9.19. The fourth-order valence-corrected chi connectivity index (χ4v) is 2.85. The van der Waals surface area contributed by atoms with Crippen molar-refractivity contribution < 1.29 is 9.53 Å². The summed E-state index contributed by atoms with van der Waals surface area (Å²) in [6, 6.07) is 0.335. The number of hydrogen-bond donors (Lipinski definition) is 2. The van der Waals surface area contributed by atoms with Crippen LogP contribution in [0.25, 0.3) is 0 Å². The van der Waals surface area contributed by atoms with Gasteiger partial charge in [0.25, 0.3) is 0 Å². The molecule has 1 rings (SSSR count). The summed E-state index contributed by atoms with van der Waals surface area (Å²) in [7, 11) is 2.19. The molecule has 0 aromatic carbocycles. The molecule has 23 heavy (non-hydrogen) atoms. The Bertz CT molecular complexity index is 334. The molecule has 1 amide bonds. The number of nitrogens with one attached hydrogen (secondary N) is 2. The van der Waals surface area contributed by atoms with Gasteiger partial charge in [0.15, 0.2) is 0 Å². The lowest BCUT2D eigenvalue weighted by molar-refractivity contribution is 0.0521. The first-order valence-corrected chi connectivity index (χ1v) is 9.19. The Morgan fingerprint density at radius 1 is 1.30 bits per heavy atom. The Morgan fingerprint density at radius 3 is 2.52 bits per heavy atom. The molecule has 1 aliphatic heterocycles. The highest BCUT2D eigenvalue weighted by Gasteiger charge is 2.20. The summed E-state index contributed by atoms with van der Waals surface area (Å²) in [6.07, 6.45) is 5.67. The van der Waals surface area contributed by atoms with Crippen molar-refractivity contribution in [3.05, 3.63) is 0 Å². The zero-order chi connectivity index (χ0) is 17.3. The molecule has 136 valence electrons. The summed E-state index contributed by atoms with van der Waals surface area (Å²) in [5.41, 5.74) is -0.440. The van der Waals surface area contributed by atoms with Crippen molar-refractivity contribution in [1.29, 1.82) is 0 Å². The van der Waals surface area contributed by atoms with Crippen molar-refractivity contribution in [3.63, 3.8) is 0 Å². The number of alkyl carbamates (subject to hydrolysis) is 1. The summed E-state index contributed by atoms with van der Waals surface area (Å²) < 4.78 is 5.32. The van der Waals surface area contributed by atoms with Crippen LogP contribution in [0.3, 0.4) is 0 Å². The molecular weight excluding hydrogens is 290 g/mol. The van der Waals surface area contributed by atoms with E-state index < -0.39 is 5.60 Å². The van der Waals surface area contributed by atoms with E-state index in [0.717, 1.165) is 18.9 Å². The average Bonchev–Trinajstić information content (AvgIpc) is 2.46. The predicted octanol–water partition coefficient (Wildman–Crippen LogP) is 3.00. The van der Waals surface area contributed by atoms with E-state index in [-0.39, 0.29) is 6.09 Å². The number of unbranched alkanes of at least 4 members (excludes halogenated alkanes) is 1. The Morgan fingerprint density at radius 2 is 1.96 bits per heavy atom. The van der Waals surface area contributed by atoms with Gasteiger partial charge in [-0.3, -0.25) is 0 Å². The van der Waals surface area contributed by atoms with Gasteiger partial charge in [-0.15, -0.1) is 0 Å². The van der Waals surface area contributed by atoms with E-state index in [4.69, 9.17) is 4.74 Å². The number of ether oxygens (including phenoxy) is 1. The van der Waals surface area contributed by atoms with Crippen LogP contribution in [0.5, 0.6) is 0 Å². The second kappa shape index (κ2) is 10.1. The fraction of sp³-hybridized carbons (Fsp3) is 0.944. The molecule has 1 aliphatic rings. The monoisotopic (exact) mass is 327 g/mol. The van der Waals surface area contributed by atoms with Crippen molar-refractivity contribution in [1.82, 2.24) is 15.5 Å². The van der Waals surface area contributed by atoms with Gasteiger partial charge >= 0.3 is 6.09 Å². The maximum absolute atomic E-state index is 11.8. The van der Waals surface area contributed by atoms with Crippen LogP contribution < -0.4 is 10.6 Å². The molecule has 0 saturated carbocycles. The molecule has 1 unspecified atom stereocenters. The molecule has 5 nitrogen and oxygen atoms in total. The zero-order valence-electron chi connectivity index (χ0n) is 15.8. The second-order valence-electron chi connectivity index (χ2n) is 7.88. The van der Waals surface area contributed by atoms with Gasteiger partial charge in [-0.05, 0) is 72.6 Å². The van der Waals surface area contributed by atoms with Crippen LogP contribution in [0, 0.1) is 5.92 Å². The van der Waals surface area contributed by atoms with Gasteiger partial charge < -0.3 is 20.3 Å². The maximum atomic E-state index is 11.8. The summed E-state index contributed by atoms with van der Waals surface area (Å²) >= 11 is 0. The third-order valence-electron chi connectivity index (χ3n) is 4.33. The van der Waals surface area contributed by atoms with Crippen molar-refractivity contribution >= 4 is 6.09 Å². The molecule has 0 aromatic heterocycles. The molecule has 1 heterocycles. The lowest BCUT2D eigenvalue weighted by Crippen LogP contribution is -2.45. The number of carbonyl (C=O) groups excluding carboxylic acids is 1. The quantitative estimate of drug-likeness (QED) is 0.719. The van der Waals surface area contributed by atoms with Crippen LogP contribution in [-0.2, 0) is 4.74 Å². The minimum Gasteiger partial charge on any atom is -0.444 e. The molecule has 0 spiro atoms. The smallest absolute Gasteiger partial charge is 0.407 e. The van der Waals surface area contributed by atoms with Gasteiger partial charge in [0.05, 0.1) is 0 Å². The number of rotatable bonds is 8. The third-order valence-corrected chi connectivity index (χ3v) is 4.33. The van der Waals surface area contributed by atoms with Crippen LogP contribution in [0.4, 0.5) is 4.79 Å². The van der Waals surface area contributed by atoms with Crippen molar-refractivity contribution in [2.24, 2.45) is 5.92 Å². The summed E-state index contributed by atoms with van der Waals surface area (Å²) in [4.78, 5) is 14.2. The Hall–Kier alpha value is -0.810. The summed E-state index contributed by atoms with van der Waals surface area (Å²) in [5.74, 6) is 0.761. The van der Waals surface area contributed by atoms with Crippen LogP contribution >= 0.6 is 0 Å². The summed E-state index contributed by atoms with van der Waals surface area (Å²) in [5, 5.41) is 6.58. The van der Waals surface area contributed by atoms with Crippen LogP contribution in [0.2, 0.25) is 0 Å². The lowest BCUT2D eigenvalue weighted by atomic mass is 9.96. The molecule has 1 atom stereocenters. The molecule has 1 fully saturated rings. The van der Waals surface area contributed by atoms with E-state index in [9.17, 15) is 4.79 Å². The van der Waals surface area contributed by atoms with Crippen LogP contribution in [0.1, 0.15) is 59.8 Å². The van der Waals surface area contributed by atoms with E-state index >= 15 is 0 Å². The molecule has 1 saturated heterocycles. The highest BCUT2D eigenvalue weighted by molar-refractivity contribution is 5.67. The van der Waals surface area contributed by atoms with Crippen molar-refractivity contribution in [3.8, 4) is 0 Å². The second-order valence-corrected chi connectivity index (χ2v) is 7.88. The van der Waals surface area contributed by atoms with Crippen molar-refractivity contribution in [2.45, 2.75) is 71.4 Å². The number of hydrogen-bond acceptors (Lipinski definition) is 4. The van der Waals surface area contributed by atoms with Crippen LogP contribution in [0.15, 0.2) is 0 Å². The highest BCUT2D eigenvalue weighted by Crippen LogP contribution is 2.15. The Balaban J connectivity index is 2.32. The van der Waals surface area contributed by atoms with E-state index in [1.165, 1.54) is 38.8 Å². The van der Waals surface area contributed by atoms with E-state index in [0.29, 0.717) is 12.6 Å². The maximum Gasteiger partial charge on any atom is 0.407 e. The standard InChI is InChI=1S/C18H37N3O2/c1-6-7-8-16(14-20-17(22)23-18(2,3)4)19-13-15-9-11-21(5)12-10-15/h15-16,19H,6-14H2,1-5H3,(H,20,22). The largest absolute Gasteiger partial charge is 0.444 e. The number of likely N-dealkylation sites (tertiary alicyclic amines) is 1. The first kappa shape index (κ1) is 20.2. The van der Waals surface area contributed by atoms with Crippen molar-refractivity contribution in [2.75, 3.05) is 33.2 Å². The Kier molecular flexibility index (Phi) is 8.92. The Labute approximate surface area is 142 Å². The predicted molar refractivity (Wildman–Crippen MR) is 95.8 cm³/mol. The molecule has 0 aliphatic carbocycles. The molecule has 5 heteroatoms. The van der Waals surface area contributed by atoms with E-state index in [2.05, 4.69) is 29.5 Å². The molecule has 0 aromatic rings. The van der Waals surface area contributed by atoms with E-state index in [1.54, 1.807) is 0 Å². The normalized spacial score (nSPS) is 18.7. The summed E-state index contributed by atoms with van der Waals surface area (Å²) in [6.45, 7) is 12.0. The van der Waals surface area contributed by atoms with Gasteiger partial charge in [0.2, 0.25) is 0 Å². The van der Waals surface area contributed by atoms with Gasteiger partial charge in [0, 0.05) is 12.6 Å². The number of carbonyl (C=O) groups is 1. The van der Waals surface area contributed by atoms with Crippen LogP contribution in [-0.4, -0.2) is 55.9 Å². The number of piperidine rings is 1. The van der Waals surface area contributed by atoms with Gasteiger partial charge in [0.1, 0.15) is 5.60 Å². The van der Waals surface area contributed by atoms with Gasteiger partial charge in [-0.1, -0.05) is 19.8 Å². The third kappa shape index (κ3) is 9.82. The lowest BCUT2D eigenvalue weighted by Gasteiger charge is -2.30. The molecule has 2 N–H and O–H groups in total. The van der Waals surface area contributed by atoms with Gasteiger partial charge in [-0.25, -0.2) is 4.79 Å². The number of nitrogens with zero attached hydrogens (tertiary/aromatic N) is 1. The molecular formula is C18H37N3O2. The molecule has 0 radical (unpaired) electrons. The van der Waals surface area contributed by atoms with E-state index in [1.807, 2.05) is 20.8 Å². The fourth-order valence-electron chi connectivity index (χ4n) is 2.85. The molecule has 0 bridgehead atoms. The van der Waals surface area contributed by atoms with Gasteiger partial charge in [-0.2, -0.15) is 0 Å². The minimum atomic E-state index is -0.440. The average molecular weight is 328 g/mol. The number of amides is 1. The first-order chi connectivity index (χ1) is 10.8. The highest BCUT2D eigenvalue weighted by atomic mass is 16.6. The minimum absolute atomic E-state index is 0.319.